The second-order valence-electron chi connectivity index (χ2n) is 4.82. The van der Waals surface area contributed by atoms with E-state index in [0.717, 1.165) is 38.2 Å². The predicted octanol–water partition coefficient (Wildman–Crippen LogP) is 0.981. The van der Waals surface area contributed by atoms with Gasteiger partial charge >= 0.3 is 0 Å². The first-order valence-corrected chi connectivity index (χ1v) is 6.60. The van der Waals surface area contributed by atoms with Gasteiger partial charge in [0.15, 0.2) is 0 Å². The Hall–Kier alpha value is -1.10. The van der Waals surface area contributed by atoms with E-state index in [1.54, 1.807) is 0 Å². The monoisotopic (exact) mass is 250 g/mol. The van der Waals surface area contributed by atoms with E-state index >= 15 is 0 Å². The van der Waals surface area contributed by atoms with Crippen LogP contribution < -0.4 is 10.5 Å². The van der Waals surface area contributed by atoms with Crippen molar-refractivity contribution in [2.75, 3.05) is 26.2 Å². The molecule has 1 aliphatic heterocycles. The second-order valence-corrected chi connectivity index (χ2v) is 4.82. The number of aliphatic hydroxyl groups excluding tert-OH is 1. The minimum atomic E-state index is -0.158. The largest absolute Gasteiger partial charge is 0.494 e. The van der Waals surface area contributed by atoms with Gasteiger partial charge in [0, 0.05) is 19.6 Å². The molecule has 4 heteroatoms. The summed E-state index contributed by atoms with van der Waals surface area (Å²) in [6.45, 7) is 3.95. The number of nitrogens with two attached hydrogens (primary N) is 1. The molecule has 1 fully saturated rings. The van der Waals surface area contributed by atoms with Crippen molar-refractivity contribution in [1.82, 2.24) is 4.90 Å². The van der Waals surface area contributed by atoms with E-state index in [1.807, 2.05) is 12.1 Å². The van der Waals surface area contributed by atoms with E-state index in [9.17, 15) is 5.11 Å². The molecule has 1 aromatic carbocycles. The van der Waals surface area contributed by atoms with Gasteiger partial charge in [0.1, 0.15) is 5.75 Å². The van der Waals surface area contributed by atoms with Crippen LogP contribution in [0.4, 0.5) is 0 Å². The van der Waals surface area contributed by atoms with E-state index in [0.29, 0.717) is 13.2 Å². The van der Waals surface area contributed by atoms with Crippen molar-refractivity contribution in [1.29, 1.82) is 0 Å². The lowest BCUT2D eigenvalue weighted by Gasteiger charge is -2.15. The molecule has 1 unspecified atom stereocenters. The molecule has 1 aromatic rings. The molecule has 0 spiro atoms. The van der Waals surface area contributed by atoms with Crippen LogP contribution in [0.1, 0.15) is 18.4 Å². The average Bonchev–Trinajstić information content (AvgIpc) is 2.76. The summed E-state index contributed by atoms with van der Waals surface area (Å²) in [5, 5.41) is 9.50. The van der Waals surface area contributed by atoms with Crippen molar-refractivity contribution in [3.8, 4) is 5.75 Å². The van der Waals surface area contributed by atoms with E-state index < -0.39 is 0 Å². The van der Waals surface area contributed by atoms with Gasteiger partial charge in [-0.1, -0.05) is 12.1 Å². The van der Waals surface area contributed by atoms with Crippen molar-refractivity contribution >= 4 is 0 Å². The Morgan fingerprint density at radius 1 is 1.44 bits per heavy atom. The molecule has 1 heterocycles. The molecule has 4 nitrogen and oxygen atoms in total. The maximum Gasteiger partial charge on any atom is 0.119 e. The fourth-order valence-electron chi connectivity index (χ4n) is 2.22. The first-order valence-electron chi connectivity index (χ1n) is 6.60. The molecular formula is C14H22N2O2. The topological polar surface area (TPSA) is 58.7 Å². The number of hydrogen-bond acceptors (Lipinski definition) is 4. The summed E-state index contributed by atoms with van der Waals surface area (Å²) in [6.07, 6.45) is 1.60. The second kappa shape index (κ2) is 6.73. The highest BCUT2D eigenvalue weighted by Crippen LogP contribution is 2.17. The standard InChI is InChI=1S/C14H22N2O2/c15-6-2-8-18-14-4-1-3-12(9-14)10-16-7-5-13(17)11-16/h1,3-4,9,13,17H,2,5-8,10-11,15H2. The van der Waals surface area contributed by atoms with Crippen LogP contribution in [0.5, 0.6) is 5.75 Å². The van der Waals surface area contributed by atoms with Gasteiger partial charge in [-0.15, -0.1) is 0 Å². The summed E-state index contributed by atoms with van der Waals surface area (Å²) in [7, 11) is 0. The fourth-order valence-corrected chi connectivity index (χ4v) is 2.22. The van der Waals surface area contributed by atoms with Crippen LogP contribution in [0, 0.1) is 0 Å². The van der Waals surface area contributed by atoms with Crippen LogP contribution in [0.2, 0.25) is 0 Å². The van der Waals surface area contributed by atoms with E-state index in [-0.39, 0.29) is 6.10 Å². The number of hydrogen-bond donors (Lipinski definition) is 2. The third-order valence-corrected chi connectivity index (χ3v) is 3.17. The van der Waals surface area contributed by atoms with Gasteiger partial charge in [-0.3, -0.25) is 4.90 Å². The fraction of sp³-hybridized carbons (Fsp3) is 0.571. The number of nitrogens with zero attached hydrogens (tertiary/aromatic N) is 1. The van der Waals surface area contributed by atoms with Crippen molar-refractivity contribution < 1.29 is 9.84 Å². The minimum absolute atomic E-state index is 0.158. The normalized spacial score (nSPS) is 20.2. The SMILES string of the molecule is NCCCOc1cccc(CN2CCC(O)C2)c1. The van der Waals surface area contributed by atoms with Crippen LogP contribution in [0.25, 0.3) is 0 Å². The molecule has 1 atom stereocenters. The highest BCUT2D eigenvalue weighted by atomic mass is 16.5. The molecule has 1 aliphatic rings. The molecule has 0 saturated carbocycles. The van der Waals surface area contributed by atoms with Gasteiger partial charge in [-0.25, -0.2) is 0 Å². The van der Waals surface area contributed by atoms with Crippen LogP contribution in [-0.2, 0) is 6.54 Å². The number of ether oxygens (including phenoxy) is 1. The summed E-state index contributed by atoms with van der Waals surface area (Å²) in [5.74, 6) is 0.903. The Labute approximate surface area is 108 Å². The molecule has 0 bridgehead atoms. The van der Waals surface area contributed by atoms with Crippen molar-refractivity contribution in [3.63, 3.8) is 0 Å². The maximum absolute atomic E-state index is 9.50. The van der Waals surface area contributed by atoms with Crippen LogP contribution in [-0.4, -0.2) is 42.4 Å². The van der Waals surface area contributed by atoms with Crippen molar-refractivity contribution in [2.24, 2.45) is 5.73 Å². The summed E-state index contributed by atoms with van der Waals surface area (Å²) in [5.41, 5.74) is 6.66. The number of likely N-dealkylation sites (tertiary alicyclic amines) is 1. The quantitative estimate of drug-likeness (QED) is 0.739. The van der Waals surface area contributed by atoms with Gasteiger partial charge in [-0.05, 0) is 37.1 Å². The molecule has 0 aromatic heterocycles. The smallest absolute Gasteiger partial charge is 0.119 e. The Morgan fingerprint density at radius 2 is 2.33 bits per heavy atom. The highest BCUT2D eigenvalue weighted by Gasteiger charge is 2.19. The van der Waals surface area contributed by atoms with Gasteiger partial charge < -0.3 is 15.6 Å². The first kappa shape index (κ1) is 13.3. The van der Waals surface area contributed by atoms with Crippen LogP contribution in [0.3, 0.4) is 0 Å². The van der Waals surface area contributed by atoms with Crippen LogP contribution in [0.15, 0.2) is 24.3 Å². The molecule has 3 N–H and O–H groups in total. The maximum atomic E-state index is 9.50. The number of rotatable bonds is 6. The highest BCUT2D eigenvalue weighted by molar-refractivity contribution is 5.28. The van der Waals surface area contributed by atoms with Gasteiger partial charge in [0.25, 0.3) is 0 Å². The zero-order valence-electron chi connectivity index (χ0n) is 10.7. The van der Waals surface area contributed by atoms with E-state index in [2.05, 4.69) is 17.0 Å². The summed E-state index contributed by atoms with van der Waals surface area (Å²) in [4.78, 5) is 2.27. The third-order valence-electron chi connectivity index (χ3n) is 3.17. The molecule has 2 rings (SSSR count). The Morgan fingerprint density at radius 3 is 3.06 bits per heavy atom. The van der Waals surface area contributed by atoms with Gasteiger partial charge in [-0.2, -0.15) is 0 Å². The lowest BCUT2D eigenvalue weighted by Crippen LogP contribution is -2.21. The molecule has 100 valence electrons. The van der Waals surface area contributed by atoms with Crippen LogP contribution >= 0.6 is 0 Å². The zero-order chi connectivity index (χ0) is 12.8. The zero-order valence-corrected chi connectivity index (χ0v) is 10.7. The molecule has 1 saturated heterocycles. The molecular weight excluding hydrogens is 228 g/mol. The Bertz CT molecular complexity index is 371. The van der Waals surface area contributed by atoms with Crippen molar-refractivity contribution in [3.05, 3.63) is 29.8 Å². The summed E-state index contributed by atoms with van der Waals surface area (Å²) in [6, 6.07) is 8.15. The molecule has 0 radical (unpaired) electrons. The first-order chi connectivity index (χ1) is 8.78. The average molecular weight is 250 g/mol. The molecule has 0 aliphatic carbocycles. The van der Waals surface area contributed by atoms with E-state index in [4.69, 9.17) is 10.5 Å². The number of aliphatic hydroxyl groups is 1. The van der Waals surface area contributed by atoms with E-state index in [1.165, 1.54) is 5.56 Å². The minimum Gasteiger partial charge on any atom is -0.494 e. The number of β-amino-alcohol motifs (C(OH)–C–C–N with tert-alkyl or cyclic N) is 1. The summed E-state index contributed by atoms with van der Waals surface area (Å²) >= 11 is 0. The Balaban J connectivity index is 1.86. The lowest BCUT2D eigenvalue weighted by molar-refractivity contribution is 0.174. The van der Waals surface area contributed by atoms with Gasteiger partial charge in [0.2, 0.25) is 0 Å². The molecule has 18 heavy (non-hydrogen) atoms. The summed E-state index contributed by atoms with van der Waals surface area (Å²) < 4.78 is 5.62. The lowest BCUT2D eigenvalue weighted by atomic mass is 10.2. The number of benzene rings is 1. The predicted molar refractivity (Wildman–Crippen MR) is 71.5 cm³/mol. The van der Waals surface area contributed by atoms with Gasteiger partial charge in [0.05, 0.1) is 12.7 Å². The molecule has 0 amide bonds. The Kier molecular flexibility index (Phi) is 4.99. The van der Waals surface area contributed by atoms with Crippen molar-refractivity contribution in [2.45, 2.75) is 25.5 Å². The third kappa shape index (κ3) is 3.98.